The molecule has 0 radical (unpaired) electrons. The van der Waals surface area contributed by atoms with Gasteiger partial charge in [-0.1, -0.05) is 12.1 Å². The molecule has 1 aliphatic carbocycles. The first kappa shape index (κ1) is 10.7. The van der Waals surface area contributed by atoms with Crippen LogP contribution in [0.3, 0.4) is 0 Å². The Morgan fingerprint density at radius 3 is 2.94 bits per heavy atom. The van der Waals surface area contributed by atoms with Crippen molar-refractivity contribution in [2.45, 2.75) is 30.9 Å². The quantitative estimate of drug-likeness (QED) is 0.797. The van der Waals surface area contributed by atoms with E-state index in [1.54, 1.807) is 18.2 Å². The Labute approximate surface area is 98.0 Å². The maximum atomic E-state index is 13.5. The highest BCUT2D eigenvalue weighted by Gasteiger charge is 2.40. The largest absolute Gasteiger partial charge is 0.455 e. The summed E-state index contributed by atoms with van der Waals surface area (Å²) in [6.45, 7) is 0. The molecular weight excluding hydrogens is 221 g/mol. The molecule has 1 heterocycles. The molecule has 3 rings (SSSR count). The summed E-state index contributed by atoms with van der Waals surface area (Å²) >= 11 is 0. The van der Waals surface area contributed by atoms with E-state index in [1.807, 2.05) is 0 Å². The minimum atomic E-state index is -1.04. The molecular formula is C13H14FNO2. The lowest BCUT2D eigenvalue weighted by Crippen LogP contribution is -2.24. The van der Waals surface area contributed by atoms with E-state index in [0.717, 1.165) is 6.42 Å². The Balaban J connectivity index is 2.10. The normalized spacial score (nSPS) is 29.0. The lowest BCUT2D eigenvalue weighted by Gasteiger charge is -2.18. The third-order valence-electron chi connectivity index (χ3n) is 3.48. The number of halogens is 1. The maximum absolute atomic E-state index is 13.5. The molecule has 0 aliphatic heterocycles. The number of nitrogens with two attached hydrogens (primary N) is 1. The minimum Gasteiger partial charge on any atom is -0.455 e. The first-order valence-corrected chi connectivity index (χ1v) is 5.75. The van der Waals surface area contributed by atoms with Gasteiger partial charge in [0.1, 0.15) is 11.4 Å². The molecule has 1 aliphatic rings. The number of furan rings is 1. The van der Waals surface area contributed by atoms with Gasteiger partial charge in [0.15, 0.2) is 11.4 Å². The zero-order chi connectivity index (χ0) is 12.0. The lowest BCUT2D eigenvalue weighted by atomic mass is 9.98. The highest BCUT2D eigenvalue weighted by atomic mass is 19.1. The Kier molecular flexibility index (Phi) is 2.24. The fraction of sp³-hybridized carbons (Fsp3) is 0.385. The van der Waals surface area contributed by atoms with Crippen molar-refractivity contribution < 1.29 is 13.9 Å². The van der Waals surface area contributed by atoms with Gasteiger partial charge in [-0.2, -0.15) is 0 Å². The van der Waals surface area contributed by atoms with Gasteiger partial charge in [-0.15, -0.1) is 0 Å². The summed E-state index contributed by atoms with van der Waals surface area (Å²) in [5.41, 5.74) is 4.96. The van der Waals surface area contributed by atoms with Crippen LogP contribution >= 0.6 is 0 Å². The maximum Gasteiger partial charge on any atom is 0.170 e. The van der Waals surface area contributed by atoms with E-state index in [2.05, 4.69) is 0 Å². The molecule has 2 aromatic rings. The van der Waals surface area contributed by atoms with Crippen LogP contribution in [-0.4, -0.2) is 11.1 Å². The summed E-state index contributed by atoms with van der Waals surface area (Å²) in [5.74, 6) is 0.0187. The molecule has 1 aromatic heterocycles. The smallest absolute Gasteiger partial charge is 0.170 e. The summed E-state index contributed by atoms with van der Waals surface area (Å²) in [6, 6.07) is 6.43. The van der Waals surface area contributed by atoms with Gasteiger partial charge in [-0.05, 0) is 31.4 Å². The SMILES string of the molecule is NC1CCC(O)(c2cc3cccc(F)c3o2)C1. The summed E-state index contributed by atoms with van der Waals surface area (Å²) in [6.07, 6.45) is 1.79. The predicted molar refractivity (Wildman–Crippen MR) is 61.9 cm³/mol. The van der Waals surface area contributed by atoms with Gasteiger partial charge in [0.2, 0.25) is 0 Å². The number of rotatable bonds is 1. The van der Waals surface area contributed by atoms with E-state index in [9.17, 15) is 9.50 Å². The number of aliphatic hydroxyl groups is 1. The number of hydrogen-bond acceptors (Lipinski definition) is 3. The molecule has 90 valence electrons. The Morgan fingerprint density at radius 2 is 2.29 bits per heavy atom. The zero-order valence-corrected chi connectivity index (χ0v) is 9.32. The molecule has 1 aromatic carbocycles. The van der Waals surface area contributed by atoms with Gasteiger partial charge in [-0.25, -0.2) is 4.39 Å². The van der Waals surface area contributed by atoms with Gasteiger partial charge in [-0.3, -0.25) is 0 Å². The van der Waals surface area contributed by atoms with E-state index >= 15 is 0 Å². The predicted octanol–water partition coefficient (Wildman–Crippen LogP) is 2.27. The monoisotopic (exact) mass is 235 g/mol. The topological polar surface area (TPSA) is 59.4 Å². The lowest BCUT2D eigenvalue weighted by molar-refractivity contribution is 0.0221. The second-order valence-corrected chi connectivity index (χ2v) is 4.80. The van der Waals surface area contributed by atoms with Crippen molar-refractivity contribution in [1.82, 2.24) is 0 Å². The van der Waals surface area contributed by atoms with Crippen molar-refractivity contribution in [3.05, 3.63) is 35.8 Å². The number of benzene rings is 1. The van der Waals surface area contributed by atoms with E-state index in [0.29, 0.717) is 24.0 Å². The van der Waals surface area contributed by atoms with Crippen LogP contribution in [0.2, 0.25) is 0 Å². The van der Waals surface area contributed by atoms with Crippen LogP contribution in [0.1, 0.15) is 25.0 Å². The molecule has 0 amide bonds. The van der Waals surface area contributed by atoms with Crippen molar-refractivity contribution in [3.8, 4) is 0 Å². The van der Waals surface area contributed by atoms with Gasteiger partial charge >= 0.3 is 0 Å². The molecule has 0 bridgehead atoms. The number of fused-ring (bicyclic) bond motifs is 1. The van der Waals surface area contributed by atoms with Gasteiger partial charge in [0.25, 0.3) is 0 Å². The second kappa shape index (κ2) is 3.55. The summed E-state index contributed by atoms with van der Waals surface area (Å²) in [5, 5.41) is 11.1. The first-order valence-electron chi connectivity index (χ1n) is 5.75. The van der Waals surface area contributed by atoms with Crippen molar-refractivity contribution >= 4 is 11.0 Å². The van der Waals surface area contributed by atoms with Gasteiger partial charge < -0.3 is 15.3 Å². The van der Waals surface area contributed by atoms with Crippen LogP contribution in [-0.2, 0) is 5.60 Å². The number of para-hydroxylation sites is 1. The fourth-order valence-corrected chi connectivity index (χ4v) is 2.54. The van der Waals surface area contributed by atoms with Crippen molar-refractivity contribution in [3.63, 3.8) is 0 Å². The molecule has 1 fully saturated rings. The van der Waals surface area contributed by atoms with Crippen molar-refractivity contribution in [2.75, 3.05) is 0 Å². The minimum absolute atomic E-state index is 0.0157. The van der Waals surface area contributed by atoms with E-state index in [-0.39, 0.29) is 11.6 Å². The van der Waals surface area contributed by atoms with Crippen LogP contribution in [0.25, 0.3) is 11.0 Å². The Morgan fingerprint density at radius 1 is 1.47 bits per heavy atom. The van der Waals surface area contributed by atoms with Gasteiger partial charge in [0, 0.05) is 11.4 Å². The van der Waals surface area contributed by atoms with Crippen LogP contribution in [0.5, 0.6) is 0 Å². The highest BCUT2D eigenvalue weighted by Crippen LogP contribution is 2.40. The fourth-order valence-electron chi connectivity index (χ4n) is 2.54. The molecule has 4 heteroatoms. The molecule has 1 saturated carbocycles. The Hall–Kier alpha value is -1.39. The average Bonchev–Trinajstić information content (AvgIpc) is 2.85. The van der Waals surface area contributed by atoms with Gasteiger partial charge in [0.05, 0.1) is 0 Å². The first-order chi connectivity index (χ1) is 8.08. The molecule has 17 heavy (non-hydrogen) atoms. The summed E-state index contributed by atoms with van der Waals surface area (Å²) in [7, 11) is 0. The summed E-state index contributed by atoms with van der Waals surface area (Å²) in [4.78, 5) is 0. The van der Waals surface area contributed by atoms with Crippen molar-refractivity contribution in [2.24, 2.45) is 5.73 Å². The third kappa shape index (κ3) is 1.64. The van der Waals surface area contributed by atoms with Crippen LogP contribution in [0, 0.1) is 5.82 Å². The van der Waals surface area contributed by atoms with E-state index in [1.165, 1.54) is 6.07 Å². The molecule has 3 nitrogen and oxygen atoms in total. The molecule has 0 spiro atoms. The Bertz CT molecular complexity index is 566. The standard InChI is InChI=1S/C13H14FNO2/c14-10-3-1-2-8-6-11(17-12(8)10)13(16)5-4-9(15)7-13/h1-3,6,9,16H,4-5,7,15H2. The summed E-state index contributed by atoms with van der Waals surface area (Å²) < 4.78 is 18.9. The molecule has 0 saturated heterocycles. The molecule has 3 N–H and O–H groups in total. The second-order valence-electron chi connectivity index (χ2n) is 4.80. The average molecular weight is 235 g/mol. The van der Waals surface area contributed by atoms with Crippen LogP contribution in [0.4, 0.5) is 4.39 Å². The van der Waals surface area contributed by atoms with E-state index in [4.69, 9.17) is 10.2 Å². The highest BCUT2D eigenvalue weighted by molar-refractivity contribution is 5.78. The third-order valence-corrected chi connectivity index (χ3v) is 3.48. The molecule has 2 atom stereocenters. The van der Waals surface area contributed by atoms with E-state index < -0.39 is 11.4 Å². The molecule has 2 unspecified atom stereocenters. The van der Waals surface area contributed by atoms with Crippen LogP contribution < -0.4 is 5.73 Å². The zero-order valence-electron chi connectivity index (χ0n) is 9.32. The van der Waals surface area contributed by atoms with Crippen molar-refractivity contribution in [1.29, 1.82) is 0 Å². The van der Waals surface area contributed by atoms with Crippen LogP contribution in [0.15, 0.2) is 28.7 Å². The number of hydrogen-bond donors (Lipinski definition) is 2.